The van der Waals surface area contributed by atoms with E-state index >= 15 is 0 Å². The lowest BCUT2D eigenvalue weighted by atomic mass is 9.94. The third-order valence-electron chi connectivity index (χ3n) is 5.25. The third kappa shape index (κ3) is 4.84. The molecule has 156 valence electrons. The van der Waals surface area contributed by atoms with Crippen LogP contribution in [0.15, 0.2) is 54.6 Å². The van der Waals surface area contributed by atoms with Gasteiger partial charge in [0.2, 0.25) is 0 Å². The molecule has 3 atom stereocenters. The average Bonchev–Trinajstić information content (AvgIpc) is 2.76. The Labute approximate surface area is 179 Å². The molecule has 1 aliphatic rings. The molecule has 0 radical (unpaired) electrons. The summed E-state index contributed by atoms with van der Waals surface area (Å²) in [5.41, 5.74) is 3.99. The number of halogens is 2. The van der Waals surface area contributed by atoms with E-state index in [0.29, 0.717) is 30.0 Å². The maximum Gasteiger partial charge on any atom is 0.123 e. The summed E-state index contributed by atoms with van der Waals surface area (Å²) >= 11 is 6.40. The third-order valence-corrected chi connectivity index (χ3v) is 5.62. The van der Waals surface area contributed by atoms with Crippen molar-refractivity contribution in [1.29, 1.82) is 0 Å². The molecule has 0 saturated carbocycles. The number of aromatic nitrogens is 2. The van der Waals surface area contributed by atoms with Crippen molar-refractivity contribution in [3.05, 3.63) is 82.3 Å². The minimum atomic E-state index is -0.509. The quantitative estimate of drug-likeness (QED) is 0.640. The fourth-order valence-electron chi connectivity index (χ4n) is 3.68. The molecule has 7 heteroatoms. The molecular formula is C23H22ClFN2O3. The van der Waals surface area contributed by atoms with Gasteiger partial charge < -0.3 is 14.9 Å². The number of hydrogen-bond acceptors (Lipinski definition) is 5. The molecule has 4 rings (SSSR count). The zero-order valence-corrected chi connectivity index (χ0v) is 17.0. The van der Waals surface area contributed by atoms with Crippen molar-refractivity contribution < 1.29 is 19.3 Å². The molecule has 0 spiro atoms. The Morgan fingerprint density at radius 2 is 1.83 bits per heavy atom. The van der Waals surface area contributed by atoms with Crippen LogP contribution >= 0.6 is 11.6 Å². The summed E-state index contributed by atoms with van der Waals surface area (Å²) in [5.74, 6) is -0.294. The van der Waals surface area contributed by atoms with E-state index in [1.807, 2.05) is 30.3 Å². The van der Waals surface area contributed by atoms with Crippen molar-refractivity contribution >= 4 is 11.6 Å². The molecule has 0 amide bonds. The lowest BCUT2D eigenvalue weighted by Crippen LogP contribution is -2.33. The Balaban J connectivity index is 1.51. The Hall–Kier alpha value is -2.38. The maximum absolute atomic E-state index is 13.1. The van der Waals surface area contributed by atoms with Gasteiger partial charge in [-0.25, -0.2) is 4.39 Å². The maximum atomic E-state index is 13.1. The van der Waals surface area contributed by atoms with Crippen molar-refractivity contribution in [2.45, 2.75) is 37.6 Å². The predicted molar refractivity (Wildman–Crippen MR) is 112 cm³/mol. The van der Waals surface area contributed by atoms with Gasteiger partial charge in [0.15, 0.2) is 0 Å². The highest BCUT2D eigenvalue weighted by molar-refractivity contribution is 6.31. The van der Waals surface area contributed by atoms with Crippen LogP contribution in [0.25, 0.3) is 11.3 Å². The number of ether oxygens (including phenoxy) is 1. The van der Waals surface area contributed by atoms with Gasteiger partial charge in [-0.2, -0.15) is 10.2 Å². The zero-order valence-electron chi connectivity index (χ0n) is 16.2. The van der Waals surface area contributed by atoms with Gasteiger partial charge in [0.1, 0.15) is 5.82 Å². The molecular weight excluding hydrogens is 407 g/mol. The van der Waals surface area contributed by atoms with Gasteiger partial charge in [0, 0.05) is 29.8 Å². The van der Waals surface area contributed by atoms with E-state index in [9.17, 15) is 14.6 Å². The van der Waals surface area contributed by atoms with E-state index in [-0.39, 0.29) is 24.6 Å². The van der Waals surface area contributed by atoms with E-state index in [1.165, 1.54) is 12.1 Å². The van der Waals surface area contributed by atoms with Gasteiger partial charge in [-0.15, -0.1) is 0 Å². The van der Waals surface area contributed by atoms with E-state index in [4.69, 9.17) is 16.3 Å². The van der Waals surface area contributed by atoms with Crippen molar-refractivity contribution in [3.8, 4) is 11.3 Å². The Morgan fingerprint density at radius 3 is 2.53 bits per heavy atom. The smallest absolute Gasteiger partial charge is 0.123 e. The van der Waals surface area contributed by atoms with E-state index in [2.05, 4.69) is 10.2 Å². The standard InChI is InChI=1S/C23H22ClFN2O3/c24-21-7-3-15(23-12-19(29)11-20(13-28)30-23)9-16(21)10-18-6-8-22(27-26-18)14-1-4-17(25)5-2-14/h1-9,19-20,23,28-29H,10-13H2. The van der Waals surface area contributed by atoms with Crippen LogP contribution in [-0.2, 0) is 11.2 Å². The van der Waals surface area contributed by atoms with Crippen LogP contribution in [0.2, 0.25) is 5.02 Å². The van der Waals surface area contributed by atoms with Crippen LogP contribution in [0.4, 0.5) is 4.39 Å². The summed E-state index contributed by atoms with van der Waals surface area (Å²) < 4.78 is 19.0. The van der Waals surface area contributed by atoms with Gasteiger partial charge in [-0.05, 0) is 53.6 Å². The topological polar surface area (TPSA) is 75.5 Å². The second-order valence-corrected chi connectivity index (χ2v) is 7.91. The highest BCUT2D eigenvalue weighted by Crippen LogP contribution is 2.33. The molecule has 2 N–H and O–H groups in total. The molecule has 3 aromatic rings. The summed E-state index contributed by atoms with van der Waals surface area (Å²) in [7, 11) is 0. The van der Waals surface area contributed by atoms with Crippen molar-refractivity contribution in [1.82, 2.24) is 10.2 Å². The molecule has 1 fully saturated rings. The summed E-state index contributed by atoms with van der Waals surface area (Å²) in [6.07, 6.45) is 0.219. The highest BCUT2D eigenvalue weighted by Gasteiger charge is 2.29. The summed E-state index contributed by atoms with van der Waals surface area (Å²) in [6.45, 7) is -0.121. The zero-order chi connectivity index (χ0) is 21.1. The number of aliphatic hydroxyl groups excluding tert-OH is 2. The summed E-state index contributed by atoms with van der Waals surface area (Å²) in [5, 5.41) is 28.6. The molecule has 30 heavy (non-hydrogen) atoms. The normalized spacial score (nSPS) is 21.5. The number of nitrogens with zero attached hydrogens (tertiary/aromatic N) is 2. The average molecular weight is 429 g/mol. The van der Waals surface area contributed by atoms with Crippen molar-refractivity contribution in [2.75, 3.05) is 6.61 Å². The first kappa shape index (κ1) is 20.9. The van der Waals surface area contributed by atoms with Gasteiger partial charge >= 0.3 is 0 Å². The van der Waals surface area contributed by atoms with Crippen molar-refractivity contribution in [3.63, 3.8) is 0 Å². The predicted octanol–water partition coefficient (Wildman–Crippen LogP) is 4.10. The molecule has 1 saturated heterocycles. The number of aliphatic hydroxyl groups is 2. The summed E-state index contributed by atoms with van der Waals surface area (Å²) in [4.78, 5) is 0. The highest BCUT2D eigenvalue weighted by atomic mass is 35.5. The number of hydrogen-bond donors (Lipinski definition) is 2. The first-order chi connectivity index (χ1) is 14.5. The van der Waals surface area contributed by atoms with Gasteiger partial charge in [0.05, 0.1) is 36.3 Å². The lowest BCUT2D eigenvalue weighted by molar-refractivity contribution is -0.113. The van der Waals surface area contributed by atoms with Crippen molar-refractivity contribution in [2.24, 2.45) is 0 Å². The van der Waals surface area contributed by atoms with Crippen LogP contribution in [-0.4, -0.2) is 39.2 Å². The van der Waals surface area contributed by atoms with Gasteiger partial charge in [-0.1, -0.05) is 23.7 Å². The van der Waals surface area contributed by atoms with Gasteiger partial charge in [0.25, 0.3) is 0 Å². The Bertz CT molecular complexity index is 998. The molecule has 3 unspecified atom stereocenters. The molecule has 2 heterocycles. The largest absolute Gasteiger partial charge is 0.394 e. The first-order valence-corrected chi connectivity index (χ1v) is 10.2. The molecule has 1 aliphatic heterocycles. The summed E-state index contributed by atoms with van der Waals surface area (Å²) in [6, 6.07) is 15.5. The fraction of sp³-hybridized carbons (Fsp3) is 0.304. The molecule has 0 aliphatic carbocycles. The number of benzene rings is 2. The van der Waals surface area contributed by atoms with Crippen LogP contribution in [0.5, 0.6) is 0 Å². The minimum absolute atomic E-state index is 0.121. The van der Waals surface area contributed by atoms with Crippen LogP contribution in [0, 0.1) is 5.82 Å². The fourth-order valence-corrected chi connectivity index (χ4v) is 3.86. The monoisotopic (exact) mass is 428 g/mol. The van der Waals surface area contributed by atoms with E-state index in [0.717, 1.165) is 22.4 Å². The van der Waals surface area contributed by atoms with Crippen LogP contribution < -0.4 is 0 Å². The molecule has 1 aromatic heterocycles. The molecule has 0 bridgehead atoms. The Kier molecular flexibility index (Phi) is 6.39. The molecule has 5 nitrogen and oxygen atoms in total. The minimum Gasteiger partial charge on any atom is -0.394 e. The lowest BCUT2D eigenvalue weighted by Gasteiger charge is -2.32. The first-order valence-electron chi connectivity index (χ1n) is 9.83. The number of rotatable bonds is 5. The second kappa shape index (κ2) is 9.18. The SMILES string of the molecule is OCC1CC(O)CC(c2ccc(Cl)c(Cc3ccc(-c4ccc(F)cc4)nn3)c2)O1. The van der Waals surface area contributed by atoms with Crippen LogP contribution in [0.1, 0.15) is 35.8 Å². The van der Waals surface area contributed by atoms with E-state index in [1.54, 1.807) is 12.1 Å². The Morgan fingerprint density at radius 1 is 1.03 bits per heavy atom. The van der Waals surface area contributed by atoms with Crippen LogP contribution in [0.3, 0.4) is 0 Å². The molecule has 2 aromatic carbocycles. The van der Waals surface area contributed by atoms with Gasteiger partial charge in [-0.3, -0.25) is 0 Å². The second-order valence-electron chi connectivity index (χ2n) is 7.50. The van der Waals surface area contributed by atoms with E-state index < -0.39 is 6.10 Å².